The zero-order chi connectivity index (χ0) is 18.3. The summed E-state index contributed by atoms with van der Waals surface area (Å²) < 4.78 is 1.91. The van der Waals surface area contributed by atoms with E-state index in [4.69, 9.17) is 4.99 Å². The Morgan fingerprint density at radius 1 is 0.963 bits per heavy atom. The number of hydrogen-bond donors (Lipinski definition) is 0. The Morgan fingerprint density at radius 2 is 1.85 bits per heavy atom. The van der Waals surface area contributed by atoms with E-state index in [9.17, 15) is 0 Å². The lowest BCUT2D eigenvalue weighted by Crippen LogP contribution is -2.13. The summed E-state index contributed by atoms with van der Waals surface area (Å²) in [6, 6.07) is 20.4. The second-order valence-corrected chi connectivity index (χ2v) is 7.59. The zero-order valence-electron chi connectivity index (χ0n) is 14.6. The van der Waals surface area contributed by atoms with E-state index in [0.29, 0.717) is 0 Å². The molecule has 0 radical (unpaired) electrons. The third-order valence-electron chi connectivity index (χ3n) is 3.94. The average Bonchev–Trinajstić information content (AvgIpc) is 3.38. The smallest absolute Gasteiger partial charge is 0.206 e. The number of thiophene rings is 1. The summed E-state index contributed by atoms with van der Waals surface area (Å²) in [6.45, 7) is 0.730. The van der Waals surface area contributed by atoms with Crippen molar-refractivity contribution in [1.82, 2.24) is 9.66 Å². The first-order valence-corrected chi connectivity index (χ1v) is 10.4. The van der Waals surface area contributed by atoms with Gasteiger partial charge in [-0.15, -0.1) is 22.7 Å². The minimum atomic E-state index is 0.730. The third-order valence-corrected chi connectivity index (χ3v) is 5.69. The van der Waals surface area contributed by atoms with Gasteiger partial charge in [-0.05, 0) is 35.6 Å². The van der Waals surface area contributed by atoms with Crippen molar-refractivity contribution in [3.05, 3.63) is 93.7 Å². The third kappa shape index (κ3) is 4.48. The van der Waals surface area contributed by atoms with Crippen LogP contribution in [-0.4, -0.2) is 22.4 Å². The number of rotatable bonds is 6. The van der Waals surface area contributed by atoms with Crippen LogP contribution in [0.3, 0.4) is 0 Å². The molecule has 0 amide bonds. The highest BCUT2D eigenvalue weighted by Gasteiger charge is 2.08. The Balaban J connectivity index is 1.64. The van der Waals surface area contributed by atoms with Crippen LogP contribution in [0.2, 0.25) is 0 Å². The maximum Gasteiger partial charge on any atom is 0.206 e. The van der Waals surface area contributed by atoms with Crippen molar-refractivity contribution in [3.63, 3.8) is 0 Å². The van der Waals surface area contributed by atoms with Crippen molar-refractivity contribution in [1.29, 1.82) is 0 Å². The SMILES string of the molecule is C(=Nn1c(-c2cccs2)csc1=NCCc1ccccc1)c1ccccn1. The molecule has 4 aromatic rings. The van der Waals surface area contributed by atoms with Crippen molar-refractivity contribution >= 4 is 28.9 Å². The largest absolute Gasteiger partial charge is 0.257 e. The van der Waals surface area contributed by atoms with Gasteiger partial charge >= 0.3 is 0 Å². The normalized spacial score (nSPS) is 12.1. The van der Waals surface area contributed by atoms with Crippen LogP contribution < -0.4 is 4.80 Å². The van der Waals surface area contributed by atoms with Gasteiger partial charge in [0.25, 0.3) is 0 Å². The van der Waals surface area contributed by atoms with E-state index in [-0.39, 0.29) is 0 Å². The van der Waals surface area contributed by atoms with Crippen LogP contribution in [0.25, 0.3) is 10.6 Å². The molecule has 0 aliphatic heterocycles. The second-order valence-electron chi connectivity index (χ2n) is 5.81. The predicted molar refractivity (Wildman–Crippen MR) is 113 cm³/mol. The van der Waals surface area contributed by atoms with Crippen LogP contribution in [0.1, 0.15) is 11.3 Å². The fourth-order valence-electron chi connectivity index (χ4n) is 2.61. The van der Waals surface area contributed by atoms with Crippen molar-refractivity contribution < 1.29 is 0 Å². The van der Waals surface area contributed by atoms with Crippen LogP contribution in [-0.2, 0) is 6.42 Å². The van der Waals surface area contributed by atoms with E-state index in [1.54, 1.807) is 35.1 Å². The highest BCUT2D eigenvalue weighted by Crippen LogP contribution is 2.25. The summed E-state index contributed by atoms with van der Waals surface area (Å²) in [5, 5.41) is 8.86. The number of benzene rings is 1. The van der Waals surface area contributed by atoms with Crippen molar-refractivity contribution in [2.75, 3.05) is 6.54 Å². The summed E-state index contributed by atoms with van der Waals surface area (Å²) in [7, 11) is 0. The fraction of sp³-hybridized carbons (Fsp3) is 0.0952. The van der Waals surface area contributed by atoms with Crippen molar-refractivity contribution in [3.8, 4) is 10.6 Å². The molecule has 3 heterocycles. The zero-order valence-corrected chi connectivity index (χ0v) is 16.2. The van der Waals surface area contributed by atoms with Crippen molar-refractivity contribution in [2.24, 2.45) is 10.1 Å². The second kappa shape index (κ2) is 8.70. The molecule has 6 heteroatoms. The first-order valence-electron chi connectivity index (χ1n) is 8.64. The van der Waals surface area contributed by atoms with Gasteiger partial charge in [-0.2, -0.15) is 5.10 Å². The molecule has 0 bridgehead atoms. The van der Waals surface area contributed by atoms with Gasteiger partial charge in [-0.3, -0.25) is 9.98 Å². The van der Waals surface area contributed by atoms with E-state index < -0.39 is 0 Å². The minimum absolute atomic E-state index is 0.730. The molecule has 4 rings (SSSR count). The topological polar surface area (TPSA) is 42.5 Å². The first-order chi connectivity index (χ1) is 13.4. The lowest BCUT2D eigenvalue weighted by atomic mass is 10.2. The Bertz CT molecular complexity index is 1060. The lowest BCUT2D eigenvalue weighted by Gasteiger charge is -2.01. The van der Waals surface area contributed by atoms with Gasteiger partial charge in [0, 0.05) is 18.1 Å². The molecule has 27 heavy (non-hydrogen) atoms. The first kappa shape index (κ1) is 17.6. The molecule has 0 unspecified atom stereocenters. The monoisotopic (exact) mass is 390 g/mol. The number of nitrogens with zero attached hydrogens (tertiary/aromatic N) is 4. The summed E-state index contributed by atoms with van der Waals surface area (Å²) in [5.74, 6) is 0. The molecule has 0 aliphatic rings. The van der Waals surface area contributed by atoms with E-state index in [1.807, 2.05) is 28.9 Å². The number of aromatic nitrogens is 2. The standard InChI is InChI=1S/C21H18N4S2/c1-2-7-17(8-3-1)11-13-23-21-25(24-15-18-9-4-5-12-22-18)19(16-27-21)20-10-6-14-26-20/h1-10,12,14-16H,11,13H2. The molecule has 134 valence electrons. The predicted octanol–water partition coefficient (Wildman–Crippen LogP) is 4.70. The van der Waals surface area contributed by atoms with Crippen LogP contribution in [0.4, 0.5) is 0 Å². The van der Waals surface area contributed by atoms with Gasteiger partial charge < -0.3 is 0 Å². The maximum absolute atomic E-state index is 4.80. The van der Waals surface area contributed by atoms with E-state index in [1.165, 1.54) is 10.4 Å². The molecule has 0 atom stereocenters. The van der Waals surface area contributed by atoms with Crippen LogP contribution in [0, 0.1) is 0 Å². The molecule has 0 fully saturated rings. The van der Waals surface area contributed by atoms with Crippen LogP contribution in [0.5, 0.6) is 0 Å². The number of hydrogen-bond acceptors (Lipinski definition) is 5. The molecule has 1 aromatic carbocycles. The van der Waals surface area contributed by atoms with Gasteiger partial charge in [0.15, 0.2) is 0 Å². The van der Waals surface area contributed by atoms with Gasteiger partial charge in [0.2, 0.25) is 4.80 Å². The maximum atomic E-state index is 4.80. The quantitative estimate of drug-likeness (QED) is 0.440. The highest BCUT2D eigenvalue weighted by atomic mass is 32.1. The molecular weight excluding hydrogens is 372 g/mol. The molecule has 0 saturated carbocycles. The Kier molecular flexibility index (Phi) is 5.67. The molecule has 4 nitrogen and oxygen atoms in total. The van der Waals surface area contributed by atoms with E-state index >= 15 is 0 Å². The number of pyridine rings is 1. The summed E-state index contributed by atoms with van der Waals surface area (Å²) in [4.78, 5) is 11.2. The highest BCUT2D eigenvalue weighted by molar-refractivity contribution is 7.14. The van der Waals surface area contributed by atoms with Gasteiger partial charge in [-0.1, -0.05) is 42.5 Å². The Morgan fingerprint density at radius 3 is 2.63 bits per heavy atom. The number of thiazole rings is 1. The molecule has 0 N–H and O–H groups in total. The molecule has 0 saturated heterocycles. The molecule has 0 aliphatic carbocycles. The summed E-state index contributed by atoms with van der Waals surface area (Å²) in [6.07, 6.45) is 4.46. The Hall–Kier alpha value is -2.83. The minimum Gasteiger partial charge on any atom is -0.257 e. The summed E-state index contributed by atoms with van der Waals surface area (Å²) >= 11 is 3.31. The molecule has 3 aromatic heterocycles. The van der Waals surface area contributed by atoms with Gasteiger partial charge in [0.1, 0.15) is 0 Å². The Labute approximate surface area is 165 Å². The lowest BCUT2D eigenvalue weighted by molar-refractivity contribution is 0.817. The van der Waals surface area contributed by atoms with Gasteiger partial charge in [-0.25, -0.2) is 4.68 Å². The van der Waals surface area contributed by atoms with E-state index in [0.717, 1.165) is 29.2 Å². The summed E-state index contributed by atoms with van der Waals surface area (Å²) in [5.41, 5.74) is 3.17. The molecular formula is C21H18N4S2. The average molecular weight is 391 g/mol. The van der Waals surface area contributed by atoms with Crippen LogP contribution in [0.15, 0.2) is 87.7 Å². The van der Waals surface area contributed by atoms with Crippen LogP contribution >= 0.6 is 22.7 Å². The van der Waals surface area contributed by atoms with Gasteiger partial charge in [0.05, 0.1) is 22.5 Å². The van der Waals surface area contributed by atoms with Crippen molar-refractivity contribution in [2.45, 2.75) is 6.42 Å². The van der Waals surface area contributed by atoms with E-state index in [2.05, 4.69) is 57.2 Å². The fourth-order valence-corrected chi connectivity index (χ4v) is 4.27. The molecule has 0 spiro atoms.